The molecular weight excluding hydrogens is 730 g/mol. The van der Waals surface area contributed by atoms with E-state index in [1.165, 1.54) is 13.8 Å². The molecule has 2 atom stereocenters. The van der Waals surface area contributed by atoms with E-state index in [0.29, 0.717) is 30.9 Å². The quantitative estimate of drug-likeness (QED) is 0.0355. The Hall–Kier alpha value is -5.23. The van der Waals surface area contributed by atoms with Gasteiger partial charge in [0.2, 0.25) is 0 Å². The maximum atomic E-state index is 12.1. The Kier molecular flexibility index (Phi) is 18.0. The molecule has 12 nitrogen and oxygen atoms in total. The smallest absolute Gasteiger partial charge is 0.333 e. The van der Waals surface area contributed by atoms with Gasteiger partial charge in [-0.15, -0.1) is 5.06 Å². The van der Waals surface area contributed by atoms with E-state index in [-0.39, 0.29) is 19.3 Å². The number of amides is 2. The minimum atomic E-state index is -0.889. The van der Waals surface area contributed by atoms with Crippen molar-refractivity contribution < 1.29 is 52.5 Å². The molecule has 4 rings (SSSR count). The molecule has 57 heavy (non-hydrogen) atoms. The van der Waals surface area contributed by atoms with E-state index in [2.05, 4.69) is 12.1 Å². The summed E-state index contributed by atoms with van der Waals surface area (Å²) >= 11 is 0. The second-order valence-electron chi connectivity index (χ2n) is 14.2. The van der Waals surface area contributed by atoms with E-state index in [9.17, 15) is 24.0 Å². The lowest BCUT2D eigenvalue weighted by Crippen LogP contribution is -2.34. The van der Waals surface area contributed by atoms with E-state index in [4.69, 9.17) is 28.5 Å². The minimum absolute atomic E-state index is 0.0591. The van der Waals surface area contributed by atoms with Crippen LogP contribution in [0.2, 0.25) is 0 Å². The Morgan fingerprint density at radius 2 is 1.04 bits per heavy atom. The molecule has 3 aromatic rings. The molecule has 0 N–H and O–H groups in total. The van der Waals surface area contributed by atoms with Crippen molar-refractivity contribution in [2.75, 3.05) is 20.8 Å². The van der Waals surface area contributed by atoms with Gasteiger partial charge in [-0.2, -0.15) is 0 Å². The summed E-state index contributed by atoms with van der Waals surface area (Å²) in [4.78, 5) is 64.5. The van der Waals surface area contributed by atoms with Gasteiger partial charge in [0.1, 0.15) is 29.3 Å². The molecule has 12 heteroatoms. The predicted molar refractivity (Wildman–Crippen MR) is 212 cm³/mol. The number of unbranched alkanes of at least 4 members (excludes halogenated alkanes) is 7. The van der Waals surface area contributed by atoms with Gasteiger partial charge in [0.15, 0.2) is 0 Å². The number of nitrogens with zero attached hydrogens (tertiary/aromatic N) is 1. The molecule has 3 aromatic carbocycles. The first-order chi connectivity index (χ1) is 27.6. The highest BCUT2D eigenvalue weighted by Gasteiger charge is 2.38. The number of esters is 2. The van der Waals surface area contributed by atoms with Crippen molar-refractivity contribution in [1.29, 1.82) is 0 Å². The van der Waals surface area contributed by atoms with Crippen molar-refractivity contribution in [1.82, 2.24) is 5.06 Å². The third kappa shape index (κ3) is 13.4. The highest BCUT2D eigenvalue weighted by molar-refractivity contribution is 6.01. The van der Waals surface area contributed by atoms with Gasteiger partial charge < -0.3 is 28.5 Å². The minimum Gasteiger partial charge on any atom is -0.497 e. The fourth-order valence-corrected chi connectivity index (χ4v) is 7.12. The summed E-state index contributed by atoms with van der Waals surface area (Å²) in [6.45, 7) is 3.20. The molecular formula is C45H57NO11. The van der Waals surface area contributed by atoms with Crippen LogP contribution in [-0.4, -0.2) is 67.8 Å². The van der Waals surface area contributed by atoms with Crippen LogP contribution in [0.4, 0.5) is 0 Å². The standard InChI is InChI=1S/C45H57NO11/c1-33(47)55-40(19-13-6-5-7-15-21-44(51)57-46-42(49)30-31-43(46)50)41(56-34(2)48)20-14-8-9-16-32-54-45(35-17-11-10-12-18-35,36-22-26-38(52-3)27-23-36)37-24-28-39(53-4)29-25-37/h10-12,17-18,22-29,40-41H,5-9,13-16,19-21,30-32H2,1-4H3. The van der Waals surface area contributed by atoms with Crippen LogP contribution in [0, 0.1) is 0 Å². The first-order valence-electron chi connectivity index (χ1n) is 20.0. The topological polar surface area (TPSA) is 144 Å². The number of hydrogen-bond acceptors (Lipinski definition) is 11. The number of hydrogen-bond donors (Lipinski definition) is 0. The average Bonchev–Trinajstić information content (AvgIpc) is 3.53. The maximum Gasteiger partial charge on any atom is 0.333 e. The lowest BCUT2D eigenvalue weighted by Gasteiger charge is -2.36. The second kappa shape index (κ2) is 23.1. The zero-order valence-electron chi connectivity index (χ0n) is 33.7. The third-order valence-electron chi connectivity index (χ3n) is 9.99. The van der Waals surface area contributed by atoms with Gasteiger partial charge in [0.25, 0.3) is 11.8 Å². The number of carbonyl (C=O) groups is 5. The lowest BCUT2D eigenvalue weighted by atomic mass is 9.80. The van der Waals surface area contributed by atoms with E-state index in [1.807, 2.05) is 66.7 Å². The molecule has 1 aliphatic rings. The first kappa shape index (κ1) is 44.5. The Morgan fingerprint density at radius 3 is 1.51 bits per heavy atom. The van der Waals surface area contributed by atoms with Gasteiger partial charge in [-0.05, 0) is 79.5 Å². The molecule has 1 heterocycles. The van der Waals surface area contributed by atoms with Crippen molar-refractivity contribution in [3.05, 3.63) is 95.6 Å². The summed E-state index contributed by atoms with van der Waals surface area (Å²) in [5.74, 6) is -0.945. The van der Waals surface area contributed by atoms with Gasteiger partial charge in [-0.25, -0.2) is 4.79 Å². The fraction of sp³-hybridized carbons (Fsp3) is 0.489. The van der Waals surface area contributed by atoms with Gasteiger partial charge in [-0.3, -0.25) is 19.2 Å². The molecule has 308 valence electrons. The molecule has 1 fully saturated rings. The van der Waals surface area contributed by atoms with Crippen molar-refractivity contribution in [2.45, 2.75) is 122 Å². The van der Waals surface area contributed by atoms with Crippen LogP contribution in [0.15, 0.2) is 78.9 Å². The summed E-state index contributed by atoms with van der Waals surface area (Å²) in [5.41, 5.74) is 2.04. The van der Waals surface area contributed by atoms with E-state index in [0.717, 1.165) is 79.6 Å². The normalized spacial score (nSPS) is 13.9. The molecule has 2 amide bonds. The highest BCUT2D eigenvalue weighted by atomic mass is 16.7. The molecule has 0 bridgehead atoms. The van der Waals surface area contributed by atoms with Crippen LogP contribution in [-0.2, 0) is 48.6 Å². The van der Waals surface area contributed by atoms with Gasteiger partial charge in [0, 0.05) is 39.7 Å². The van der Waals surface area contributed by atoms with Gasteiger partial charge in [0.05, 0.1) is 14.2 Å². The summed E-state index contributed by atoms with van der Waals surface area (Å²) in [6, 6.07) is 26.1. The first-order valence-corrected chi connectivity index (χ1v) is 20.0. The molecule has 0 radical (unpaired) electrons. The van der Waals surface area contributed by atoms with Crippen LogP contribution < -0.4 is 9.47 Å². The molecule has 0 aromatic heterocycles. The predicted octanol–water partition coefficient (Wildman–Crippen LogP) is 8.16. The van der Waals surface area contributed by atoms with Gasteiger partial charge >= 0.3 is 17.9 Å². The number of hydroxylamine groups is 2. The summed E-state index contributed by atoms with van der Waals surface area (Å²) in [7, 11) is 3.29. The molecule has 1 aliphatic heterocycles. The Balaban J connectivity index is 1.28. The van der Waals surface area contributed by atoms with Crippen LogP contribution in [0.25, 0.3) is 0 Å². The van der Waals surface area contributed by atoms with Crippen LogP contribution in [0.5, 0.6) is 11.5 Å². The van der Waals surface area contributed by atoms with Crippen molar-refractivity contribution >= 4 is 29.7 Å². The zero-order chi connectivity index (χ0) is 41.0. The van der Waals surface area contributed by atoms with E-state index < -0.39 is 47.5 Å². The van der Waals surface area contributed by atoms with E-state index in [1.54, 1.807) is 14.2 Å². The van der Waals surface area contributed by atoms with Crippen molar-refractivity contribution in [3.63, 3.8) is 0 Å². The number of methoxy groups -OCH3 is 2. The SMILES string of the molecule is COc1ccc(C(OCCCCCCC(OC(C)=O)C(CCCCCCCC(=O)ON2C(=O)CCC2=O)OC(C)=O)(c2ccccc2)c2ccc(OC)cc2)cc1. The van der Waals surface area contributed by atoms with Crippen LogP contribution in [0.1, 0.15) is 120 Å². The molecule has 0 aliphatic carbocycles. The monoisotopic (exact) mass is 787 g/mol. The van der Waals surface area contributed by atoms with Crippen LogP contribution >= 0.6 is 0 Å². The lowest BCUT2D eigenvalue weighted by molar-refractivity contribution is -0.197. The zero-order valence-corrected chi connectivity index (χ0v) is 33.7. The van der Waals surface area contributed by atoms with Crippen LogP contribution in [0.3, 0.4) is 0 Å². The molecule has 1 saturated heterocycles. The number of ether oxygens (including phenoxy) is 5. The Bertz CT molecular complexity index is 1660. The summed E-state index contributed by atoms with van der Waals surface area (Å²) in [5, 5.41) is 0.567. The number of imide groups is 1. The maximum absolute atomic E-state index is 12.1. The average molecular weight is 788 g/mol. The van der Waals surface area contributed by atoms with Crippen molar-refractivity contribution in [3.8, 4) is 11.5 Å². The third-order valence-corrected chi connectivity index (χ3v) is 9.99. The number of benzene rings is 3. The van der Waals surface area contributed by atoms with E-state index >= 15 is 0 Å². The second-order valence-corrected chi connectivity index (χ2v) is 14.2. The number of carbonyl (C=O) groups excluding carboxylic acids is 5. The molecule has 0 saturated carbocycles. The largest absolute Gasteiger partial charge is 0.497 e. The highest BCUT2D eigenvalue weighted by Crippen LogP contribution is 2.42. The number of rotatable bonds is 25. The molecule has 2 unspecified atom stereocenters. The Labute approximate surface area is 336 Å². The van der Waals surface area contributed by atoms with Gasteiger partial charge in [-0.1, -0.05) is 86.7 Å². The summed E-state index contributed by atoms with van der Waals surface area (Å²) < 4.78 is 29.2. The fourth-order valence-electron chi connectivity index (χ4n) is 7.12. The molecule has 0 spiro atoms. The Morgan fingerprint density at radius 1 is 0.596 bits per heavy atom. The summed E-state index contributed by atoms with van der Waals surface area (Å²) in [6.07, 6.45) is 7.15. The van der Waals surface area contributed by atoms with Crippen molar-refractivity contribution in [2.24, 2.45) is 0 Å².